The highest BCUT2D eigenvalue weighted by Gasteiger charge is 2.18. The van der Waals surface area contributed by atoms with Crippen LogP contribution in [-0.2, 0) is 4.79 Å². The van der Waals surface area contributed by atoms with E-state index in [0.29, 0.717) is 20.8 Å². The van der Waals surface area contributed by atoms with Crippen LogP contribution >= 0.6 is 34.7 Å². The highest BCUT2D eigenvalue weighted by molar-refractivity contribution is 8.00. The fraction of sp³-hybridized carbons (Fsp3) is 0.0870. The summed E-state index contributed by atoms with van der Waals surface area (Å²) in [6.45, 7) is 0. The molecular formula is C23H17ClN6OS2. The van der Waals surface area contributed by atoms with Gasteiger partial charge in [0.25, 0.3) is 0 Å². The number of para-hydroxylation sites is 1. The summed E-state index contributed by atoms with van der Waals surface area (Å²) in [5, 5.41) is 9.07. The van der Waals surface area contributed by atoms with Crippen LogP contribution in [0.1, 0.15) is 0 Å². The lowest BCUT2D eigenvalue weighted by atomic mass is 10.2. The Kier molecular flexibility index (Phi) is 6.08. The van der Waals surface area contributed by atoms with Crippen molar-refractivity contribution in [2.75, 3.05) is 17.7 Å². The first-order valence-corrected chi connectivity index (χ1v) is 12.2. The number of hydrogen-bond donors (Lipinski definition) is 0. The maximum atomic E-state index is 12.9. The van der Waals surface area contributed by atoms with Gasteiger partial charge in [0.15, 0.2) is 10.8 Å². The van der Waals surface area contributed by atoms with Crippen molar-refractivity contribution >= 4 is 56.8 Å². The number of anilines is 1. The molecule has 0 aliphatic carbocycles. The topological polar surface area (TPSA) is 76.8 Å². The smallest absolute Gasteiger partial charge is 0.238 e. The normalized spacial score (nSPS) is 11.1. The van der Waals surface area contributed by atoms with Gasteiger partial charge in [0.1, 0.15) is 11.4 Å². The average Bonchev–Trinajstić information content (AvgIpc) is 3.51. The Hall–Kier alpha value is -3.27. The van der Waals surface area contributed by atoms with E-state index >= 15 is 0 Å². The standard InChI is InChI=1S/C23H17ClN6OS2/c1-29(23-28-18(12-33-23)15-7-3-2-4-8-15)20(31)13-32-22-16-11-27-30(21(16)25-14-26-22)19-10-6-5-9-17(19)24/h2-12,14H,13H2,1H3. The molecule has 1 amide bonds. The molecule has 0 aliphatic heterocycles. The lowest BCUT2D eigenvalue weighted by Crippen LogP contribution is -2.27. The molecule has 5 aromatic rings. The van der Waals surface area contributed by atoms with Crippen LogP contribution in [0.5, 0.6) is 0 Å². The number of thioether (sulfide) groups is 1. The number of aromatic nitrogens is 5. The molecule has 0 fully saturated rings. The fourth-order valence-corrected chi connectivity index (χ4v) is 5.14. The number of carbonyl (C=O) groups is 1. The molecule has 0 saturated carbocycles. The number of rotatable bonds is 6. The Balaban J connectivity index is 1.32. The second-order valence-corrected chi connectivity index (χ2v) is 9.25. The van der Waals surface area contributed by atoms with Gasteiger partial charge < -0.3 is 0 Å². The van der Waals surface area contributed by atoms with Gasteiger partial charge in [0.05, 0.1) is 33.7 Å². The SMILES string of the molecule is CN(C(=O)CSc1ncnc2c1cnn2-c1ccccc1Cl)c1nc(-c2ccccc2)cs1. The molecule has 0 aliphatic rings. The number of nitrogens with zero attached hydrogens (tertiary/aromatic N) is 6. The lowest BCUT2D eigenvalue weighted by Gasteiger charge is -2.13. The molecular weight excluding hydrogens is 476 g/mol. The van der Waals surface area contributed by atoms with Gasteiger partial charge in [-0.2, -0.15) is 5.10 Å². The Bertz CT molecular complexity index is 1440. The molecule has 2 aromatic carbocycles. The molecule has 33 heavy (non-hydrogen) atoms. The highest BCUT2D eigenvalue weighted by atomic mass is 35.5. The van der Waals surface area contributed by atoms with Crippen molar-refractivity contribution in [2.45, 2.75) is 5.03 Å². The third kappa shape index (κ3) is 4.35. The summed E-state index contributed by atoms with van der Waals surface area (Å²) in [5.74, 6) is 0.138. The summed E-state index contributed by atoms with van der Waals surface area (Å²) in [4.78, 5) is 27.8. The second-order valence-electron chi connectivity index (χ2n) is 7.05. The molecule has 0 unspecified atom stereocenters. The molecule has 0 saturated heterocycles. The van der Waals surface area contributed by atoms with Crippen LogP contribution in [0.3, 0.4) is 0 Å². The Morgan fingerprint density at radius 1 is 1.12 bits per heavy atom. The first-order chi connectivity index (χ1) is 16.1. The van der Waals surface area contributed by atoms with Crippen molar-refractivity contribution in [2.24, 2.45) is 0 Å². The van der Waals surface area contributed by atoms with Gasteiger partial charge in [-0.25, -0.2) is 19.6 Å². The van der Waals surface area contributed by atoms with Crippen molar-refractivity contribution in [1.82, 2.24) is 24.7 Å². The van der Waals surface area contributed by atoms with Crippen molar-refractivity contribution in [3.63, 3.8) is 0 Å². The molecule has 7 nitrogen and oxygen atoms in total. The monoisotopic (exact) mass is 492 g/mol. The summed E-state index contributed by atoms with van der Waals surface area (Å²) in [6, 6.07) is 17.3. The minimum absolute atomic E-state index is 0.0702. The molecule has 0 N–H and O–H groups in total. The Morgan fingerprint density at radius 2 is 1.91 bits per heavy atom. The number of hydrogen-bond acceptors (Lipinski definition) is 7. The highest BCUT2D eigenvalue weighted by Crippen LogP contribution is 2.30. The third-order valence-corrected chi connectivity index (χ3v) is 7.19. The molecule has 0 bridgehead atoms. The van der Waals surface area contributed by atoms with Crippen LogP contribution in [0, 0.1) is 0 Å². The number of benzene rings is 2. The molecule has 10 heteroatoms. The van der Waals surface area contributed by atoms with Gasteiger partial charge in [0.2, 0.25) is 5.91 Å². The van der Waals surface area contributed by atoms with E-state index < -0.39 is 0 Å². The summed E-state index contributed by atoms with van der Waals surface area (Å²) < 4.78 is 1.68. The third-order valence-electron chi connectivity index (χ3n) is 4.96. The minimum Gasteiger partial charge on any atom is -0.291 e. The minimum atomic E-state index is -0.0702. The number of halogens is 1. The predicted octanol–water partition coefficient (Wildman–Crippen LogP) is 5.35. The van der Waals surface area contributed by atoms with Crippen LogP contribution in [-0.4, -0.2) is 43.4 Å². The summed E-state index contributed by atoms with van der Waals surface area (Å²) in [6.07, 6.45) is 3.17. The van der Waals surface area contributed by atoms with Crippen LogP contribution in [0.4, 0.5) is 5.13 Å². The molecule has 3 aromatic heterocycles. The van der Waals surface area contributed by atoms with E-state index in [4.69, 9.17) is 11.6 Å². The van der Waals surface area contributed by atoms with E-state index in [1.54, 1.807) is 28.9 Å². The molecule has 3 heterocycles. The summed E-state index contributed by atoms with van der Waals surface area (Å²) in [5.41, 5.74) is 3.24. The van der Waals surface area contributed by atoms with Gasteiger partial charge in [-0.3, -0.25) is 9.69 Å². The van der Waals surface area contributed by atoms with Crippen LogP contribution in [0.15, 0.2) is 77.5 Å². The van der Waals surface area contributed by atoms with E-state index in [0.717, 1.165) is 22.3 Å². The number of carbonyl (C=O) groups excluding carboxylic acids is 1. The van der Waals surface area contributed by atoms with Crippen molar-refractivity contribution in [1.29, 1.82) is 0 Å². The number of fused-ring (bicyclic) bond motifs is 1. The Morgan fingerprint density at radius 3 is 2.73 bits per heavy atom. The van der Waals surface area contributed by atoms with E-state index in [1.165, 1.54) is 29.4 Å². The van der Waals surface area contributed by atoms with Gasteiger partial charge in [-0.05, 0) is 12.1 Å². The summed E-state index contributed by atoms with van der Waals surface area (Å²) >= 11 is 9.11. The fourth-order valence-electron chi connectivity index (χ4n) is 3.23. The Labute approximate surface area is 203 Å². The largest absolute Gasteiger partial charge is 0.291 e. The van der Waals surface area contributed by atoms with E-state index in [9.17, 15) is 4.79 Å². The molecule has 0 spiro atoms. The van der Waals surface area contributed by atoms with Gasteiger partial charge in [-0.1, -0.05) is 65.8 Å². The zero-order chi connectivity index (χ0) is 22.8. The predicted molar refractivity (Wildman–Crippen MR) is 133 cm³/mol. The average molecular weight is 493 g/mol. The first-order valence-electron chi connectivity index (χ1n) is 9.96. The molecule has 5 rings (SSSR count). The van der Waals surface area contributed by atoms with Gasteiger partial charge >= 0.3 is 0 Å². The van der Waals surface area contributed by atoms with Crippen molar-refractivity contribution in [3.8, 4) is 16.9 Å². The second kappa shape index (κ2) is 9.30. The first kappa shape index (κ1) is 21.6. The van der Waals surface area contributed by atoms with Gasteiger partial charge in [0, 0.05) is 18.0 Å². The molecule has 0 radical (unpaired) electrons. The van der Waals surface area contributed by atoms with Crippen LogP contribution in [0.2, 0.25) is 5.02 Å². The van der Waals surface area contributed by atoms with Crippen molar-refractivity contribution < 1.29 is 4.79 Å². The number of amides is 1. The molecule has 164 valence electrons. The maximum absolute atomic E-state index is 12.9. The van der Waals surface area contributed by atoms with E-state index in [2.05, 4.69) is 20.1 Å². The van der Waals surface area contributed by atoms with E-state index in [-0.39, 0.29) is 11.7 Å². The van der Waals surface area contributed by atoms with Crippen molar-refractivity contribution in [3.05, 3.63) is 77.5 Å². The quantitative estimate of drug-likeness (QED) is 0.235. The molecule has 0 atom stereocenters. The van der Waals surface area contributed by atoms with E-state index in [1.807, 2.05) is 53.9 Å². The van der Waals surface area contributed by atoms with Crippen LogP contribution in [0.25, 0.3) is 28.0 Å². The van der Waals surface area contributed by atoms with Gasteiger partial charge in [-0.15, -0.1) is 11.3 Å². The zero-order valence-corrected chi connectivity index (χ0v) is 19.8. The van der Waals surface area contributed by atoms with Crippen LogP contribution < -0.4 is 4.90 Å². The summed E-state index contributed by atoms with van der Waals surface area (Å²) in [7, 11) is 1.74. The lowest BCUT2D eigenvalue weighted by molar-refractivity contribution is -0.115. The zero-order valence-electron chi connectivity index (χ0n) is 17.4. The number of thiazole rings is 1. The maximum Gasteiger partial charge on any atom is 0.238 e.